The van der Waals surface area contributed by atoms with Gasteiger partial charge in [-0.1, -0.05) is 0 Å². The minimum atomic E-state index is 0.745. The summed E-state index contributed by atoms with van der Waals surface area (Å²) in [7, 11) is 2.32. The van der Waals surface area contributed by atoms with Crippen molar-refractivity contribution in [3.63, 3.8) is 0 Å². The third-order valence-corrected chi connectivity index (χ3v) is 6.27. The lowest BCUT2D eigenvalue weighted by atomic mass is 9.96. The van der Waals surface area contributed by atoms with Crippen LogP contribution in [0.1, 0.15) is 31.2 Å². The van der Waals surface area contributed by atoms with Gasteiger partial charge >= 0.3 is 0 Å². The lowest BCUT2D eigenvalue weighted by Gasteiger charge is -2.45. The predicted molar refractivity (Wildman–Crippen MR) is 92.5 cm³/mol. The number of piperidine rings is 1. The maximum atomic E-state index is 8.91. The summed E-state index contributed by atoms with van der Waals surface area (Å²) in [5.41, 5.74) is 2.00. The van der Waals surface area contributed by atoms with Gasteiger partial charge in [0.25, 0.3) is 0 Å². The van der Waals surface area contributed by atoms with E-state index in [1.165, 1.54) is 44.5 Å². The van der Waals surface area contributed by atoms with E-state index in [-0.39, 0.29) is 0 Å². The zero-order valence-corrected chi connectivity index (χ0v) is 14.0. The molecule has 4 heteroatoms. The summed E-state index contributed by atoms with van der Waals surface area (Å²) < 4.78 is 0. The Morgan fingerprint density at radius 3 is 2.09 bits per heavy atom. The Morgan fingerprint density at radius 1 is 0.913 bits per heavy atom. The molecule has 3 saturated heterocycles. The summed E-state index contributed by atoms with van der Waals surface area (Å²) in [5, 5.41) is 8.91. The fourth-order valence-electron chi connectivity index (χ4n) is 4.77. The molecule has 3 heterocycles. The van der Waals surface area contributed by atoms with Crippen LogP contribution in [0.25, 0.3) is 0 Å². The number of piperazine rings is 1. The van der Waals surface area contributed by atoms with Gasteiger partial charge in [-0.25, -0.2) is 0 Å². The number of hydrogen-bond donors (Lipinski definition) is 0. The first-order valence-corrected chi connectivity index (χ1v) is 8.95. The molecule has 4 rings (SSSR count). The lowest BCUT2D eigenvalue weighted by molar-refractivity contribution is 0.0719. The van der Waals surface area contributed by atoms with Crippen molar-refractivity contribution in [1.29, 1.82) is 5.26 Å². The molecule has 2 bridgehead atoms. The lowest BCUT2D eigenvalue weighted by Crippen LogP contribution is -2.55. The van der Waals surface area contributed by atoms with Crippen LogP contribution in [0.2, 0.25) is 0 Å². The number of nitriles is 1. The zero-order chi connectivity index (χ0) is 15.8. The second-order valence-corrected chi connectivity index (χ2v) is 7.36. The Labute approximate surface area is 139 Å². The van der Waals surface area contributed by atoms with Crippen LogP contribution in [0.3, 0.4) is 0 Å². The molecule has 0 saturated carbocycles. The van der Waals surface area contributed by atoms with Gasteiger partial charge in [0.2, 0.25) is 0 Å². The molecule has 2 atom stereocenters. The van der Waals surface area contributed by atoms with Crippen molar-refractivity contribution in [2.24, 2.45) is 0 Å². The van der Waals surface area contributed by atoms with Crippen LogP contribution in [0.5, 0.6) is 0 Å². The highest BCUT2D eigenvalue weighted by atomic mass is 15.3. The molecule has 0 radical (unpaired) electrons. The summed E-state index contributed by atoms with van der Waals surface area (Å²) in [6, 6.07) is 12.7. The molecular weight excluding hydrogens is 284 g/mol. The van der Waals surface area contributed by atoms with Gasteiger partial charge in [0.15, 0.2) is 0 Å². The van der Waals surface area contributed by atoms with E-state index in [0.717, 1.165) is 36.8 Å². The van der Waals surface area contributed by atoms with Gasteiger partial charge in [0.05, 0.1) is 11.6 Å². The molecule has 0 amide bonds. The fourth-order valence-corrected chi connectivity index (χ4v) is 4.77. The van der Waals surface area contributed by atoms with Crippen LogP contribution >= 0.6 is 0 Å². The minimum absolute atomic E-state index is 0.745. The molecule has 3 aliphatic heterocycles. The van der Waals surface area contributed by atoms with E-state index in [0.29, 0.717) is 0 Å². The van der Waals surface area contributed by atoms with E-state index in [1.54, 1.807) is 0 Å². The highest BCUT2D eigenvalue weighted by molar-refractivity contribution is 5.50. The van der Waals surface area contributed by atoms with E-state index in [9.17, 15) is 0 Å². The predicted octanol–water partition coefficient (Wildman–Crippen LogP) is 2.31. The number of rotatable bonds is 2. The SMILES string of the molecule is CN1[C@H]2CC[C@H]1CC(N1CCN(c3ccc(C#N)cc3)CC1)C2. The quantitative estimate of drug-likeness (QED) is 0.839. The Bertz CT molecular complexity index is 568. The van der Waals surface area contributed by atoms with Gasteiger partial charge in [0, 0.05) is 50.0 Å². The third kappa shape index (κ3) is 2.84. The Morgan fingerprint density at radius 2 is 1.52 bits per heavy atom. The van der Waals surface area contributed by atoms with E-state index < -0.39 is 0 Å². The normalized spacial score (nSPS) is 32.0. The van der Waals surface area contributed by atoms with Gasteiger partial charge in [-0.2, -0.15) is 5.26 Å². The number of fused-ring (bicyclic) bond motifs is 2. The molecule has 0 aliphatic carbocycles. The van der Waals surface area contributed by atoms with Crippen molar-refractivity contribution in [3.05, 3.63) is 29.8 Å². The molecule has 0 N–H and O–H groups in total. The molecule has 0 aromatic heterocycles. The highest BCUT2D eigenvalue weighted by Gasteiger charge is 2.40. The first-order chi connectivity index (χ1) is 11.2. The van der Waals surface area contributed by atoms with Crippen LogP contribution in [0.15, 0.2) is 24.3 Å². The molecule has 1 aromatic rings. The maximum absolute atomic E-state index is 8.91. The van der Waals surface area contributed by atoms with Crippen LogP contribution < -0.4 is 4.90 Å². The first-order valence-electron chi connectivity index (χ1n) is 8.95. The maximum Gasteiger partial charge on any atom is 0.0991 e. The Hall–Kier alpha value is -1.57. The number of nitrogens with zero attached hydrogens (tertiary/aromatic N) is 4. The van der Waals surface area contributed by atoms with Crippen LogP contribution in [0.4, 0.5) is 5.69 Å². The van der Waals surface area contributed by atoms with E-state index >= 15 is 0 Å². The zero-order valence-electron chi connectivity index (χ0n) is 14.0. The van der Waals surface area contributed by atoms with Gasteiger partial charge in [-0.3, -0.25) is 4.90 Å². The summed E-state index contributed by atoms with van der Waals surface area (Å²) in [6.07, 6.45) is 5.54. The number of anilines is 1. The van der Waals surface area contributed by atoms with Crippen molar-refractivity contribution in [2.45, 2.75) is 43.8 Å². The van der Waals surface area contributed by atoms with Gasteiger partial charge in [-0.05, 0) is 57.0 Å². The fraction of sp³-hybridized carbons (Fsp3) is 0.632. The smallest absolute Gasteiger partial charge is 0.0991 e. The average molecular weight is 310 g/mol. The average Bonchev–Trinajstić information content (AvgIpc) is 2.83. The van der Waals surface area contributed by atoms with Crippen molar-refractivity contribution < 1.29 is 0 Å². The van der Waals surface area contributed by atoms with Crippen molar-refractivity contribution in [2.75, 3.05) is 38.1 Å². The van der Waals surface area contributed by atoms with Crippen molar-refractivity contribution in [1.82, 2.24) is 9.80 Å². The topological polar surface area (TPSA) is 33.5 Å². The molecule has 0 spiro atoms. The van der Waals surface area contributed by atoms with Crippen LogP contribution in [-0.4, -0.2) is 61.2 Å². The first kappa shape index (κ1) is 15.0. The Balaban J connectivity index is 1.35. The van der Waals surface area contributed by atoms with E-state index in [2.05, 4.69) is 39.9 Å². The van der Waals surface area contributed by atoms with E-state index in [1.807, 2.05) is 12.1 Å². The molecule has 122 valence electrons. The minimum Gasteiger partial charge on any atom is -0.369 e. The standard InChI is InChI=1S/C19H26N4/c1-21-17-6-7-18(21)13-19(12-17)23-10-8-22(9-11-23)16-4-2-15(14-20)3-5-16/h2-5,17-19H,6-13H2,1H3/t17-,18-/m0/s1. The van der Waals surface area contributed by atoms with E-state index in [4.69, 9.17) is 5.26 Å². The van der Waals surface area contributed by atoms with Crippen LogP contribution in [-0.2, 0) is 0 Å². The Kier molecular flexibility index (Phi) is 4.00. The largest absolute Gasteiger partial charge is 0.369 e. The third-order valence-electron chi connectivity index (χ3n) is 6.27. The summed E-state index contributed by atoms with van der Waals surface area (Å²) in [5.74, 6) is 0. The van der Waals surface area contributed by atoms with Crippen LogP contribution in [0, 0.1) is 11.3 Å². The molecule has 3 fully saturated rings. The molecule has 4 nitrogen and oxygen atoms in total. The summed E-state index contributed by atoms with van der Waals surface area (Å²) >= 11 is 0. The molecule has 3 aliphatic rings. The number of hydrogen-bond acceptors (Lipinski definition) is 4. The van der Waals surface area contributed by atoms with Gasteiger partial charge < -0.3 is 9.80 Å². The van der Waals surface area contributed by atoms with Crippen molar-refractivity contribution >= 4 is 5.69 Å². The molecular formula is C19H26N4. The summed E-state index contributed by atoms with van der Waals surface area (Å²) in [6.45, 7) is 4.56. The number of benzene rings is 1. The second kappa shape index (κ2) is 6.14. The second-order valence-electron chi connectivity index (χ2n) is 7.36. The molecule has 1 aromatic carbocycles. The monoisotopic (exact) mass is 310 g/mol. The van der Waals surface area contributed by atoms with Gasteiger partial charge in [0.1, 0.15) is 0 Å². The molecule has 23 heavy (non-hydrogen) atoms. The summed E-state index contributed by atoms with van der Waals surface area (Å²) in [4.78, 5) is 7.82. The highest BCUT2D eigenvalue weighted by Crippen LogP contribution is 2.36. The van der Waals surface area contributed by atoms with Gasteiger partial charge in [-0.15, -0.1) is 0 Å². The molecule has 0 unspecified atom stereocenters. The van der Waals surface area contributed by atoms with Crippen molar-refractivity contribution in [3.8, 4) is 6.07 Å².